The van der Waals surface area contributed by atoms with E-state index in [9.17, 15) is 9.59 Å². The normalized spacial score (nSPS) is 12.2. The van der Waals surface area contributed by atoms with E-state index in [0.29, 0.717) is 6.42 Å². The van der Waals surface area contributed by atoms with Gasteiger partial charge >= 0.3 is 11.9 Å². The molecule has 104 valence electrons. The van der Waals surface area contributed by atoms with Crippen LogP contribution in [0.1, 0.15) is 53.9 Å². The molecule has 0 heterocycles. The van der Waals surface area contributed by atoms with E-state index in [1.807, 2.05) is 0 Å². The molecule has 4 nitrogen and oxygen atoms in total. The number of carbonyl (C=O) groups excluding carboxylic acids is 2. The Morgan fingerprint density at radius 1 is 1.17 bits per heavy atom. The Balaban J connectivity index is 4.72. The van der Waals surface area contributed by atoms with Crippen LogP contribution < -0.4 is 0 Å². The van der Waals surface area contributed by atoms with Crippen LogP contribution in [-0.2, 0) is 19.1 Å². The van der Waals surface area contributed by atoms with E-state index in [-0.39, 0.29) is 12.4 Å². The van der Waals surface area contributed by atoms with Gasteiger partial charge in [-0.05, 0) is 46.6 Å². The number of unbranched alkanes of at least 4 members (excludes halogenated alkanes) is 2. The van der Waals surface area contributed by atoms with Gasteiger partial charge in [-0.2, -0.15) is 0 Å². The molecule has 0 spiro atoms. The minimum absolute atomic E-state index is 0.00484. The predicted molar refractivity (Wildman–Crippen MR) is 69.8 cm³/mol. The Labute approximate surface area is 109 Å². The van der Waals surface area contributed by atoms with E-state index in [2.05, 4.69) is 6.92 Å². The van der Waals surface area contributed by atoms with E-state index >= 15 is 0 Å². The number of allylic oxidation sites excluding steroid dienone is 1. The molecule has 0 aromatic heterocycles. The molecule has 0 unspecified atom stereocenters. The van der Waals surface area contributed by atoms with Crippen LogP contribution in [0, 0.1) is 5.41 Å². The van der Waals surface area contributed by atoms with Crippen molar-refractivity contribution in [2.75, 3.05) is 6.61 Å². The quantitative estimate of drug-likeness (QED) is 0.317. The molecule has 0 aliphatic rings. The predicted octanol–water partition coefficient (Wildman–Crippen LogP) is 3.21. The van der Waals surface area contributed by atoms with Crippen molar-refractivity contribution >= 4 is 11.9 Å². The smallest absolute Gasteiger partial charge is 0.374 e. The highest BCUT2D eigenvalue weighted by Crippen LogP contribution is 2.18. The Hall–Kier alpha value is -1.32. The molecular weight excluding hydrogens is 232 g/mol. The van der Waals surface area contributed by atoms with Crippen LogP contribution in [0.15, 0.2) is 11.8 Å². The molecule has 4 heteroatoms. The summed E-state index contributed by atoms with van der Waals surface area (Å²) in [5.41, 5.74) is -0.643. The standard InChI is InChI=1S/C14H24O4/c1-6-8-9-10-11(12(15)17-7-2)18-13(16)14(3,4)5/h10H,6-9H2,1-5H3/b11-10+. The van der Waals surface area contributed by atoms with Crippen molar-refractivity contribution in [3.63, 3.8) is 0 Å². The van der Waals surface area contributed by atoms with Gasteiger partial charge in [-0.1, -0.05) is 13.3 Å². The zero-order chi connectivity index (χ0) is 14.2. The molecule has 0 aliphatic carbocycles. The lowest BCUT2D eigenvalue weighted by Crippen LogP contribution is -2.25. The van der Waals surface area contributed by atoms with Gasteiger partial charge < -0.3 is 9.47 Å². The van der Waals surface area contributed by atoms with Crippen LogP contribution in [0.2, 0.25) is 0 Å². The number of hydrogen-bond acceptors (Lipinski definition) is 4. The molecule has 0 aromatic rings. The van der Waals surface area contributed by atoms with Crippen LogP contribution in [0.25, 0.3) is 0 Å². The molecule has 0 aromatic carbocycles. The first kappa shape index (κ1) is 16.7. The average Bonchev–Trinajstić information content (AvgIpc) is 2.26. The maximum atomic E-state index is 11.7. The van der Waals surface area contributed by atoms with Crippen molar-refractivity contribution in [1.29, 1.82) is 0 Å². The van der Waals surface area contributed by atoms with Gasteiger partial charge in [0.15, 0.2) is 0 Å². The van der Waals surface area contributed by atoms with Crippen LogP contribution >= 0.6 is 0 Å². The van der Waals surface area contributed by atoms with E-state index in [1.54, 1.807) is 33.8 Å². The van der Waals surface area contributed by atoms with Gasteiger partial charge in [0.2, 0.25) is 5.76 Å². The highest BCUT2D eigenvalue weighted by Gasteiger charge is 2.26. The number of hydrogen-bond donors (Lipinski definition) is 0. The topological polar surface area (TPSA) is 52.6 Å². The van der Waals surface area contributed by atoms with Gasteiger partial charge in [-0.3, -0.25) is 4.79 Å². The van der Waals surface area contributed by atoms with Crippen molar-refractivity contribution in [3.8, 4) is 0 Å². The lowest BCUT2D eigenvalue weighted by Gasteiger charge is -2.17. The Morgan fingerprint density at radius 3 is 2.22 bits per heavy atom. The fraction of sp³-hybridized carbons (Fsp3) is 0.714. The highest BCUT2D eigenvalue weighted by atomic mass is 16.6. The SMILES string of the molecule is CCCC/C=C(/OC(=O)C(C)(C)C)C(=O)OCC. The zero-order valence-electron chi connectivity index (χ0n) is 12.0. The first-order valence-electron chi connectivity index (χ1n) is 6.42. The van der Waals surface area contributed by atoms with Crippen LogP contribution in [0.3, 0.4) is 0 Å². The third-order valence-corrected chi connectivity index (χ3v) is 2.18. The second kappa shape index (κ2) is 7.90. The van der Waals surface area contributed by atoms with Crippen molar-refractivity contribution in [2.45, 2.75) is 53.9 Å². The largest absolute Gasteiger partial charge is 0.460 e. The monoisotopic (exact) mass is 256 g/mol. The first-order valence-corrected chi connectivity index (χ1v) is 6.42. The molecule has 0 fully saturated rings. The van der Waals surface area contributed by atoms with Gasteiger partial charge in [0.05, 0.1) is 12.0 Å². The maximum absolute atomic E-state index is 11.7. The van der Waals surface area contributed by atoms with E-state index in [4.69, 9.17) is 9.47 Å². The van der Waals surface area contributed by atoms with Crippen LogP contribution in [0.4, 0.5) is 0 Å². The third kappa shape index (κ3) is 6.42. The van der Waals surface area contributed by atoms with E-state index in [1.165, 1.54) is 0 Å². The van der Waals surface area contributed by atoms with Gasteiger partial charge in [0.1, 0.15) is 0 Å². The zero-order valence-corrected chi connectivity index (χ0v) is 12.0. The lowest BCUT2D eigenvalue weighted by atomic mass is 9.97. The molecule has 0 bridgehead atoms. The second-order valence-electron chi connectivity index (χ2n) is 5.07. The summed E-state index contributed by atoms with van der Waals surface area (Å²) in [5, 5.41) is 0. The molecule has 0 radical (unpaired) electrons. The summed E-state index contributed by atoms with van der Waals surface area (Å²) in [6.07, 6.45) is 4.28. The van der Waals surface area contributed by atoms with Crippen molar-refractivity contribution in [3.05, 3.63) is 11.8 Å². The third-order valence-electron chi connectivity index (χ3n) is 2.18. The summed E-state index contributed by atoms with van der Waals surface area (Å²) in [4.78, 5) is 23.4. The second-order valence-corrected chi connectivity index (χ2v) is 5.07. The summed E-state index contributed by atoms with van der Waals surface area (Å²) in [7, 11) is 0. The van der Waals surface area contributed by atoms with Gasteiger partial charge in [0, 0.05) is 0 Å². The lowest BCUT2D eigenvalue weighted by molar-refractivity contribution is -0.156. The molecule has 0 saturated carbocycles. The van der Waals surface area contributed by atoms with E-state index < -0.39 is 17.4 Å². The molecule has 0 atom stereocenters. The average molecular weight is 256 g/mol. The minimum Gasteiger partial charge on any atom is -0.460 e. The number of esters is 2. The molecule has 0 N–H and O–H groups in total. The highest BCUT2D eigenvalue weighted by molar-refractivity contribution is 5.90. The molecular formula is C14H24O4. The molecule has 0 amide bonds. The summed E-state index contributed by atoms with van der Waals surface area (Å²) < 4.78 is 9.99. The molecule has 0 rings (SSSR count). The Bertz CT molecular complexity index is 310. The molecule has 0 saturated heterocycles. The molecule has 0 aliphatic heterocycles. The Kier molecular flexibility index (Phi) is 7.32. The van der Waals surface area contributed by atoms with Crippen LogP contribution in [-0.4, -0.2) is 18.5 Å². The minimum atomic E-state index is -0.643. The summed E-state index contributed by atoms with van der Waals surface area (Å²) in [6, 6.07) is 0. The van der Waals surface area contributed by atoms with E-state index in [0.717, 1.165) is 12.8 Å². The van der Waals surface area contributed by atoms with Gasteiger partial charge in [-0.25, -0.2) is 4.79 Å². The summed E-state index contributed by atoms with van der Waals surface area (Å²) in [5.74, 6) is -1.00. The first-order chi connectivity index (χ1) is 8.32. The number of rotatable bonds is 6. The van der Waals surface area contributed by atoms with Crippen molar-refractivity contribution < 1.29 is 19.1 Å². The summed E-state index contributed by atoms with van der Waals surface area (Å²) in [6.45, 7) is 9.25. The van der Waals surface area contributed by atoms with Crippen molar-refractivity contribution in [2.24, 2.45) is 5.41 Å². The van der Waals surface area contributed by atoms with Crippen molar-refractivity contribution in [1.82, 2.24) is 0 Å². The molecule has 18 heavy (non-hydrogen) atoms. The van der Waals surface area contributed by atoms with Crippen LogP contribution in [0.5, 0.6) is 0 Å². The van der Waals surface area contributed by atoms with Gasteiger partial charge in [-0.15, -0.1) is 0 Å². The van der Waals surface area contributed by atoms with Gasteiger partial charge in [0.25, 0.3) is 0 Å². The fourth-order valence-corrected chi connectivity index (χ4v) is 1.06. The number of carbonyl (C=O) groups is 2. The summed E-state index contributed by atoms with van der Waals surface area (Å²) >= 11 is 0. The number of ether oxygens (including phenoxy) is 2. The Morgan fingerprint density at radius 2 is 1.78 bits per heavy atom. The fourth-order valence-electron chi connectivity index (χ4n) is 1.06. The maximum Gasteiger partial charge on any atom is 0.374 e.